The zero-order valence-corrected chi connectivity index (χ0v) is 14.1. The van der Waals surface area contributed by atoms with Crippen LogP contribution in [0.5, 0.6) is 0 Å². The molecule has 0 aromatic heterocycles. The molecule has 1 amide bonds. The molecule has 0 radical (unpaired) electrons. The van der Waals surface area contributed by atoms with Crippen LogP contribution in [0.2, 0.25) is 10.0 Å². The summed E-state index contributed by atoms with van der Waals surface area (Å²) in [4.78, 5) is 12.0. The van der Waals surface area contributed by atoms with Crippen LogP contribution < -0.4 is 10.6 Å². The van der Waals surface area contributed by atoms with Crippen molar-refractivity contribution in [2.75, 3.05) is 17.2 Å². The van der Waals surface area contributed by atoms with Gasteiger partial charge in [-0.25, -0.2) is 0 Å². The minimum absolute atomic E-state index is 0.0531. The fraction of sp³-hybridized carbons (Fsp3) is 0.235. The van der Waals surface area contributed by atoms with Crippen LogP contribution >= 0.6 is 23.2 Å². The number of hydrogen-bond acceptors (Lipinski definition) is 2. The van der Waals surface area contributed by atoms with Gasteiger partial charge in [0.15, 0.2) is 0 Å². The van der Waals surface area contributed by atoms with E-state index in [1.54, 1.807) is 18.2 Å². The van der Waals surface area contributed by atoms with Crippen molar-refractivity contribution in [2.24, 2.45) is 0 Å². The van der Waals surface area contributed by atoms with Gasteiger partial charge in [0.1, 0.15) is 0 Å². The Bertz CT molecular complexity index is 666. The Hall–Kier alpha value is -1.71. The summed E-state index contributed by atoms with van der Waals surface area (Å²) in [6, 6.07) is 11.2. The van der Waals surface area contributed by atoms with E-state index < -0.39 is 0 Å². The van der Waals surface area contributed by atoms with Gasteiger partial charge in [0.05, 0.1) is 15.7 Å². The molecule has 2 aromatic carbocycles. The first-order chi connectivity index (χ1) is 10.5. The van der Waals surface area contributed by atoms with E-state index in [1.165, 1.54) is 5.56 Å². The molecule has 0 spiro atoms. The molecule has 0 atom stereocenters. The normalized spacial score (nSPS) is 10.4. The number of para-hydroxylation sites is 1. The molecule has 0 saturated carbocycles. The van der Waals surface area contributed by atoms with Crippen molar-refractivity contribution in [3.8, 4) is 0 Å². The van der Waals surface area contributed by atoms with E-state index >= 15 is 0 Å². The number of halogens is 2. The predicted molar refractivity (Wildman–Crippen MR) is 94.1 cm³/mol. The number of hydrogen-bond donors (Lipinski definition) is 2. The highest BCUT2D eigenvalue weighted by atomic mass is 35.5. The van der Waals surface area contributed by atoms with Gasteiger partial charge in [0, 0.05) is 18.7 Å². The van der Waals surface area contributed by atoms with E-state index in [4.69, 9.17) is 23.2 Å². The lowest BCUT2D eigenvalue weighted by atomic mass is 10.1. The molecular formula is C17H18Cl2N2O. The number of carbonyl (C=O) groups excluding carboxylic acids is 1. The van der Waals surface area contributed by atoms with Crippen molar-refractivity contribution < 1.29 is 4.79 Å². The molecule has 3 nitrogen and oxygen atoms in total. The maximum atomic E-state index is 12.0. The van der Waals surface area contributed by atoms with Crippen molar-refractivity contribution in [2.45, 2.75) is 20.3 Å². The molecule has 0 heterocycles. The molecule has 2 rings (SSSR count). The van der Waals surface area contributed by atoms with Gasteiger partial charge in [0.25, 0.3) is 0 Å². The molecule has 0 fully saturated rings. The largest absolute Gasteiger partial charge is 0.382 e. The Balaban J connectivity index is 1.88. The Morgan fingerprint density at radius 2 is 1.77 bits per heavy atom. The lowest BCUT2D eigenvalue weighted by Crippen LogP contribution is -2.17. The summed E-state index contributed by atoms with van der Waals surface area (Å²) < 4.78 is 0. The quantitative estimate of drug-likeness (QED) is 0.801. The second-order valence-electron chi connectivity index (χ2n) is 5.14. The van der Waals surface area contributed by atoms with Gasteiger partial charge < -0.3 is 10.6 Å². The number of carbonyl (C=O) groups is 1. The number of anilines is 2. The van der Waals surface area contributed by atoms with Crippen LogP contribution in [-0.4, -0.2) is 12.5 Å². The maximum Gasteiger partial charge on any atom is 0.226 e. The first kappa shape index (κ1) is 16.7. The van der Waals surface area contributed by atoms with Gasteiger partial charge in [0.2, 0.25) is 5.91 Å². The Kier molecular flexibility index (Phi) is 5.69. The van der Waals surface area contributed by atoms with Crippen LogP contribution in [0, 0.1) is 13.8 Å². The van der Waals surface area contributed by atoms with Gasteiger partial charge in [-0.15, -0.1) is 0 Å². The van der Waals surface area contributed by atoms with Gasteiger partial charge in [-0.05, 0) is 37.6 Å². The van der Waals surface area contributed by atoms with Crippen molar-refractivity contribution in [1.82, 2.24) is 0 Å². The SMILES string of the molecule is Cc1ccc(NC(=O)CCNc2c(Cl)cccc2Cl)c(C)c1. The van der Waals surface area contributed by atoms with Crippen LogP contribution in [0.15, 0.2) is 36.4 Å². The summed E-state index contributed by atoms with van der Waals surface area (Å²) in [5.41, 5.74) is 3.72. The van der Waals surface area contributed by atoms with Crippen molar-refractivity contribution in [1.29, 1.82) is 0 Å². The van der Waals surface area contributed by atoms with Crippen LogP contribution in [0.4, 0.5) is 11.4 Å². The standard InChI is InChI=1S/C17H18Cl2N2O/c1-11-6-7-15(12(2)10-11)21-16(22)8-9-20-17-13(18)4-3-5-14(17)19/h3-7,10,20H,8-9H2,1-2H3,(H,21,22). The summed E-state index contributed by atoms with van der Waals surface area (Å²) in [6.45, 7) is 4.46. The molecule has 0 aliphatic carbocycles. The van der Waals surface area contributed by atoms with Crippen molar-refractivity contribution in [3.63, 3.8) is 0 Å². The first-order valence-electron chi connectivity index (χ1n) is 7.02. The topological polar surface area (TPSA) is 41.1 Å². The molecule has 116 valence electrons. The summed E-state index contributed by atoms with van der Waals surface area (Å²) in [7, 11) is 0. The van der Waals surface area contributed by atoms with E-state index in [-0.39, 0.29) is 5.91 Å². The van der Waals surface area contributed by atoms with Crippen LogP contribution in [0.25, 0.3) is 0 Å². The number of aryl methyl sites for hydroxylation is 2. The predicted octanol–water partition coefficient (Wildman–Crippen LogP) is 5.05. The zero-order chi connectivity index (χ0) is 16.1. The number of nitrogens with one attached hydrogen (secondary N) is 2. The second-order valence-corrected chi connectivity index (χ2v) is 5.95. The van der Waals surface area contributed by atoms with Gasteiger partial charge in [-0.2, -0.15) is 0 Å². The van der Waals surface area contributed by atoms with Crippen LogP contribution in [0.1, 0.15) is 17.5 Å². The average molecular weight is 337 g/mol. The third-order valence-electron chi connectivity index (χ3n) is 3.27. The number of benzene rings is 2. The summed E-state index contributed by atoms with van der Waals surface area (Å²) in [5.74, 6) is -0.0531. The lowest BCUT2D eigenvalue weighted by molar-refractivity contribution is -0.115. The van der Waals surface area contributed by atoms with Gasteiger partial charge in [-0.1, -0.05) is 47.0 Å². The van der Waals surface area contributed by atoms with Crippen molar-refractivity contribution in [3.05, 3.63) is 57.6 Å². The molecule has 22 heavy (non-hydrogen) atoms. The molecule has 0 unspecified atom stereocenters. The van der Waals surface area contributed by atoms with Crippen molar-refractivity contribution >= 4 is 40.5 Å². The molecule has 0 aliphatic heterocycles. The first-order valence-corrected chi connectivity index (χ1v) is 7.78. The summed E-state index contributed by atoms with van der Waals surface area (Å²) >= 11 is 12.1. The third kappa shape index (κ3) is 4.39. The molecule has 2 aromatic rings. The third-order valence-corrected chi connectivity index (χ3v) is 3.90. The Labute approximate surface area is 140 Å². The van der Waals surface area contributed by atoms with E-state index in [1.807, 2.05) is 32.0 Å². The Morgan fingerprint density at radius 1 is 1.09 bits per heavy atom. The van der Waals surface area contributed by atoms with Gasteiger partial charge >= 0.3 is 0 Å². The second kappa shape index (κ2) is 7.52. The highest BCUT2D eigenvalue weighted by Gasteiger charge is 2.07. The minimum Gasteiger partial charge on any atom is -0.382 e. The Morgan fingerprint density at radius 3 is 2.41 bits per heavy atom. The van der Waals surface area contributed by atoms with E-state index in [9.17, 15) is 4.79 Å². The minimum atomic E-state index is -0.0531. The molecule has 0 bridgehead atoms. The summed E-state index contributed by atoms with van der Waals surface area (Å²) in [5, 5.41) is 7.09. The monoisotopic (exact) mass is 336 g/mol. The zero-order valence-electron chi connectivity index (χ0n) is 12.5. The average Bonchev–Trinajstić information content (AvgIpc) is 2.45. The number of amides is 1. The highest BCUT2D eigenvalue weighted by molar-refractivity contribution is 6.39. The van der Waals surface area contributed by atoms with E-state index in [0.717, 1.165) is 11.3 Å². The smallest absolute Gasteiger partial charge is 0.226 e. The molecule has 0 aliphatic rings. The molecule has 2 N–H and O–H groups in total. The van der Waals surface area contributed by atoms with Crippen LogP contribution in [0.3, 0.4) is 0 Å². The lowest BCUT2D eigenvalue weighted by Gasteiger charge is -2.11. The maximum absolute atomic E-state index is 12.0. The highest BCUT2D eigenvalue weighted by Crippen LogP contribution is 2.29. The van der Waals surface area contributed by atoms with Gasteiger partial charge in [-0.3, -0.25) is 4.79 Å². The molecule has 0 saturated heterocycles. The van der Waals surface area contributed by atoms with E-state index in [0.29, 0.717) is 28.7 Å². The number of rotatable bonds is 5. The fourth-order valence-corrected chi connectivity index (χ4v) is 2.67. The molecular weight excluding hydrogens is 319 g/mol. The van der Waals surface area contributed by atoms with E-state index in [2.05, 4.69) is 10.6 Å². The molecule has 5 heteroatoms. The summed E-state index contributed by atoms with van der Waals surface area (Å²) in [6.07, 6.45) is 0.328. The van der Waals surface area contributed by atoms with Crippen LogP contribution in [-0.2, 0) is 4.79 Å². The fourth-order valence-electron chi connectivity index (χ4n) is 2.13.